The van der Waals surface area contributed by atoms with Crippen molar-refractivity contribution in [2.24, 2.45) is 11.8 Å². The molecule has 1 unspecified atom stereocenters. The van der Waals surface area contributed by atoms with E-state index in [1.54, 1.807) is 0 Å². The summed E-state index contributed by atoms with van der Waals surface area (Å²) in [5, 5.41) is 8.89. The molecule has 2 rings (SSSR count). The lowest BCUT2D eigenvalue weighted by atomic mass is 9.91. The molecule has 2 heteroatoms. The summed E-state index contributed by atoms with van der Waals surface area (Å²) in [6, 6.07) is 0. The molecule has 1 N–H and O–H groups in total. The summed E-state index contributed by atoms with van der Waals surface area (Å²) < 4.78 is 5.39. The highest BCUT2D eigenvalue weighted by molar-refractivity contribution is 4.84. The standard InChI is InChI=1S/C9H16O2/c10-6-9-5-8(3-4-11-9)7-1-2-7/h7-10H,1-6H2/t8?,9-/m0/s1. The average molecular weight is 156 g/mol. The van der Waals surface area contributed by atoms with E-state index in [0.29, 0.717) is 0 Å². The van der Waals surface area contributed by atoms with Gasteiger partial charge in [0.2, 0.25) is 0 Å². The lowest BCUT2D eigenvalue weighted by Gasteiger charge is -2.28. The Hall–Kier alpha value is -0.0800. The lowest BCUT2D eigenvalue weighted by molar-refractivity contribution is -0.0414. The van der Waals surface area contributed by atoms with E-state index in [9.17, 15) is 0 Å². The molecule has 2 aliphatic rings. The Morgan fingerprint density at radius 3 is 2.64 bits per heavy atom. The molecule has 2 atom stereocenters. The number of hydrogen-bond donors (Lipinski definition) is 1. The molecule has 0 radical (unpaired) electrons. The van der Waals surface area contributed by atoms with Gasteiger partial charge in [0.25, 0.3) is 0 Å². The van der Waals surface area contributed by atoms with Crippen LogP contribution in [0.25, 0.3) is 0 Å². The van der Waals surface area contributed by atoms with Crippen LogP contribution in [-0.2, 0) is 4.74 Å². The number of aliphatic hydroxyl groups excluding tert-OH is 1. The van der Waals surface area contributed by atoms with Crippen LogP contribution in [0.4, 0.5) is 0 Å². The predicted octanol–water partition coefficient (Wildman–Crippen LogP) is 1.18. The van der Waals surface area contributed by atoms with E-state index >= 15 is 0 Å². The smallest absolute Gasteiger partial charge is 0.0808 e. The molecule has 2 nitrogen and oxygen atoms in total. The minimum Gasteiger partial charge on any atom is -0.394 e. The van der Waals surface area contributed by atoms with Crippen molar-refractivity contribution in [1.29, 1.82) is 0 Å². The third-order valence-corrected chi connectivity index (χ3v) is 2.90. The molecule has 0 amide bonds. The molecular weight excluding hydrogens is 140 g/mol. The summed E-state index contributed by atoms with van der Waals surface area (Å²) in [4.78, 5) is 0. The van der Waals surface area contributed by atoms with Crippen molar-refractivity contribution in [3.05, 3.63) is 0 Å². The Labute approximate surface area is 67.6 Å². The number of rotatable bonds is 2. The third kappa shape index (κ3) is 1.74. The molecule has 0 aromatic heterocycles. The van der Waals surface area contributed by atoms with Gasteiger partial charge in [0, 0.05) is 6.61 Å². The number of aliphatic hydroxyl groups is 1. The Kier molecular flexibility index (Phi) is 2.14. The summed E-state index contributed by atoms with van der Waals surface area (Å²) in [5.74, 6) is 1.84. The van der Waals surface area contributed by atoms with Crippen molar-refractivity contribution in [3.63, 3.8) is 0 Å². The highest BCUT2D eigenvalue weighted by Gasteiger charge is 2.34. The largest absolute Gasteiger partial charge is 0.394 e. The maximum Gasteiger partial charge on any atom is 0.0808 e. The fourth-order valence-corrected chi connectivity index (χ4v) is 2.03. The first-order chi connectivity index (χ1) is 5.40. The van der Waals surface area contributed by atoms with Crippen LogP contribution < -0.4 is 0 Å². The molecule has 1 saturated heterocycles. The van der Waals surface area contributed by atoms with E-state index < -0.39 is 0 Å². The fourth-order valence-electron chi connectivity index (χ4n) is 2.03. The van der Waals surface area contributed by atoms with Gasteiger partial charge in [-0.3, -0.25) is 0 Å². The van der Waals surface area contributed by atoms with Gasteiger partial charge < -0.3 is 9.84 Å². The van der Waals surface area contributed by atoms with Gasteiger partial charge in [-0.1, -0.05) is 0 Å². The van der Waals surface area contributed by atoms with Crippen molar-refractivity contribution >= 4 is 0 Å². The molecule has 1 heterocycles. The summed E-state index contributed by atoms with van der Waals surface area (Å²) >= 11 is 0. The Bertz CT molecular complexity index is 132. The van der Waals surface area contributed by atoms with Gasteiger partial charge in [0.05, 0.1) is 12.7 Å². The van der Waals surface area contributed by atoms with Crippen LogP contribution in [0, 0.1) is 11.8 Å². The molecule has 0 aromatic carbocycles. The van der Waals surface area contributed by atoms with Crippen LogP contribution in [0.1, 0.15) is 25.7 Å². The van der Waals surface area contributed by atoms with Gasteiger partial charge in [-0.15, -0.1) is 0 Å². The van der Waals surface area contributed by atoms with E-state index in [4.69, 9.17) is 9.84 Å². The Morgan fingerprint density at radius 2 is 2.00 bits per heavy atom. The molecular formula is C9H16O2. The SMILES string of the molecule is OC[C@@H]1CC(C2CC2)CCO1. The van der Waals surface area contributed by atoms with Crippen molar-refractivity contribution < 1.29 is 9.84 Å². The van der Waals surface area contributed by atoms with E-state index in [2.05, 4.69) is 0 Å². The van der Waals surface area contributed by atoms with Gasteiger partial charge in [0.1, 0.15) is 0 Å². The molecule has 1 aliphatic carbocycles. The Balaban J connectivity index is 1.82. The van der Waals surface area contributed by atoms with Gasteiger partial charge in [-0.2, -0.15) is 0 Å². The maximum absolute atomic E-state index is 8.89. The minimum absolute atomic E-state index is 0.148. The van der Waals surface area contributed by atoms with E-state index in [1.807, 2.05) is 0 Å². The van der Waals surface area contributed by atoms with Crippen molar-refractivity contribution in [2.45, 2.75) is 31.8 Å². The van der Waals surface area contributed by atoms with E-state index in [-0.39, 0.29) is 12.7 Å². The molecule has 0 bridgehead atoms. The van der Waals surface area contributed by atoms with Gasteiger partial charge in [0.15, 0.2) is 0 Å². The monoisotopic (exact) mass is 156 g/mol. The first kappa shape index (κ1) is 7.56. The second-order valence-corrected chi connectivity index (χ2v) is 3.80. The van der Waals surface area contributed by atoms with Crippen LogP contribution >= 0.6 is 0 Å². The highest BCUT2D eigenvalue weighted by Crippen LogP contribution is 2.42. The van der Waals surface area contributed by atoms with Crippen molar-refractivity contribution in [1.82, 2.24) is 0 Å². The number of ether oxygens (including phenoxy) is 1. The topological polar surface area (TPSA) is 29.5 Å². The van der Waals surface area contributed by atoms with Gasteiger partial charge in [-0.05, 0) is 37.5 Å². The molecule has 1 saturated carbocycles. The number of hydrogen-bond acceptors (Lipinski definition) is 2. The third-order valence-electron chi connectivity index (χ3n) is 2.90. The normalized spacial score (nSPS) is 39.0. The zero-order valence-electron chi connectivity index (χ0n) is 6.83. The van der Waals surface area contributed by atoms with Gasteiger partial charge >= 0.3 is 0 Å². The van der Waals surface area contributed by atoms with Crippen LogP contribution in [0.15, 0.2) is 0 Å². The van der Waals surface area contributed by atoms with Crippen LogP contribution in [0.2, 0.25) is 0 Å². The first-order valence-corrected chi connectivity index (χ1v) is 4.62. The molecule has 1 aliphatic heterocycles. The van der Waals surface area contributed by atoms with Crippen molar-refractivity contribution in [2.75, 3.05) is 13.2 Å². The summed E-state index contributed by atoms with van der Waals surface area (Å²) in [6.07, 6.45) is 5.31. The molecule has 11 heavy (non-hydrogen) atoms. The van der Waals surface area contributed by atoms with Gasteiger partial charge in [-0.25, -0.2) is 0 Å². The second-order valence-electron chi connectivity index (χ2n) is 3.80. The maximum atomic E-state index is 8.89. The quantitative estimate of drug-likeness (QED) is 0.650. The zero-order chi connectivity index (χ0) is 7.68. The highest BCUT2D eigenvalue weighted by atomic mass is 16.5. The van der Waals surface area contributed by atoms with Crippen molar-refractivity contribution in [3.8, 4) is 0 Å². The lowest BCUT2D eigenvalue weighted by Crippen LogP contribution is -2.29. The molecule has 64 valence electrons. The first-order valence-electron chi connectivity index (χ1n) is 4.62. The summed E-state index contributed by atoms with van der Waals surface area (Å²) in [5.41, 5.74) is 0. The van der Waals surface area contributed by atoms with Crippen LogP contribution in [-0.4, -0.2) is 24.4 Å². The average Bonchev–Trinajstić information content (AvgIpc) is 2.87. The minimum atomic E-state index is 0.148. The molecule has 2 fully saturated rings. The zero-order valence-corrected chi connectivity index (χ0v) is 6.83. The van der Waals surface area contributed by atoms with Crippen LogP contribution in [0.5, 0.6) is 0 Å². The van der Waals surface area contributed by atoms with Crippen LogP contribution in [0.3, 0.4) is 0 Å². The van der Waals surface area contributed by atoms with E-state index in [0.717, 1.165) is 24.9 Å². The molecule has 0 aromatic rings. The summed E-state index contributed by atoms with van der Waals surface area (Å²) in [7, 11) is 0. The second kappa shape index (κ2) is 3.11. The predicted molar refractivity (Wildman–Crippen MR) is 42.3 cm³/mol. The van der Waals surface area contributed by atoms with E-state index in [1.165, 1.54) is 19.3 Å². The Morgan fingerprint density at radius 1 is 1.18 bits per heavy atom. The summed E-state index contributed by atoms with van der Waals surface area (Å²) in [6.45, 7) is 1.08. The fraction of sp³-hybridized carbons (Fsp3) is 1.00. The molecule has 0 spiro atoms.